The molecule has 3 aromatic rings. The van der Waals surface area contributed by atoms with Crippen molar-refractivity contribution in [3.63, 3.8) is 0 Å². The highest BCUT2D eigenvalue weighted by Crippen LogP contribution is 2.33. The molecular weight excluding hydrogens is 343 g/mol. The van der Waals surface area contributed by atoms with Crippen molar-refractivity contribution >= 4 is 23.2 Å². The van der Waals surface area contributed by atoms with Crippen LogP contribution < -0.4 is 4.74 Å². The lowest BCUT2D eigenvalue weighted by molar-refractivity contribution is 0.130. The first-order valence-corrected chi connectivity index (χ1v) is 8.38. The zero-order valence-electron chi connectivity index (χ0n) is 13.8. The van der Waals surface area contributed by atoms with Crippen LogP contribution in [0.1, 0.15) is 20.8 Å². The van der Waals surface area contributed by atoms with Gasteiger partial charge < -0.3 is 4.74 Å². The molecule has 1 heterocycles. The van der Waals surface area contributed by atoms with E-state index >= 15 is 0 Å². The molecule has 0 unspecified atom stereocenters. The fourth-order valence-electron chi connectivity index (χ4n) is 2.44. The minimum Gasteiger partial charge on any atom is -0.486 e. The molecule has 0 N–H and O–H groups in total. The van der Waals surface area contributed by atoms with Gasteiger partial charge in [0.25, 0.3) is 0 Å². The third-order valence-electron chi connectivity index (χ3n) is 3.35. The number of aromatic nitrogens is 2. The molecule has 0 aliphatic rings. The third kappa shape index (κ3) is 3.58. The lowest BCUT2D eigenvalue weighted by Gasteiger charge is -2.24. The Bertz CT molecular complexity index is 866. The van der Waals surface area contributed by atoms with Crippen LogP contribution in [0.3, 0.4) is 0 Å². The van der Waals surface area contributed by atoms with Gasteiger partial charge in [0.15, 0.2) is 0 Å². The molecule has 0 amide bonds. The van der Waals surface area contributed by atoms with Crippen LogP contribution in [0.5, 0.6) is 5.75 Å². The molecule has 2 aromatic carbocycles. The van der Waals surface area contributed by atoms with Crippen molar-refractivity contribution in [1.82, 2.24) is 9.55 Å². The van der Waals surface area contributed by atoms with Gasteiger partial charge in [-0.3, -0.25) is 4.57 Å². The summed E-state index contributed by atoms with van der Waals surface area (Å²) in [5, 5.41) is 1.16. The maximum absolute atomic E-state index is 6.36. The average molecular weight is 361 g/mol. The van der Waals surface area contributed by atoms with Gasteiger partial charge in [-0.2, -0.15) is 0 Å². The molecule has 0 aliphatic heterocycles. The van der Waals surface area contributed by atoms with Crippen molar-refractivity contribution in [2.75, 3.05) is 0 Å². The Labute approximate surface area is 151 Å². The summed E-state index contributed by atoms with van der Waals surface area (Å²) in [6, 6.07) is 13.3. The van der Waals surface area contributed by atoms with Gasteiger partial charge in [0, 0.05) is 23.0 Å². The Balaban J connectivity index is 2.12. The van der Waals surface area contributed by atoms with E-state index < -0.39 is 0 Å². The van der Waals surface area contributed by atoms with Crippen molar-refractivity contribution in [3.8, 4) is 22.8 Å². The van der Waals surface area contributed by atoms with Crippen LogP contribution in [0.4, 0.5) is 0 Å². The van der Waals surface area contributed by atoms with E-state index in [9.17, 15) is 0 Å². The predicted octanol–water partition coefficient (Wildman–Crippen LogP) is 6.02. The molecule has 3 rings (SSSR count). The summed E-state index contributed by atoms with van der Waals surface area (Å²) in [5.74, 6) is 1.52. The lowest BCUT2D eigenvalue weighted by Crippen LogP contribution is -2.23. The zero-order valence-corrected chi connectivity index (χ0v) is 15.3. The number of halogens is 2. The van der Waals surface area contributed by atoms with Gasteiger partial charge in [0.1, 0.15) is 17.2 Å². The second kappa shape index (κ2) is 6.50. The summed E-state index contributed by atoms with van der Waals surface area (Å²) in [7, 11) is 0. The Kier molecular flexibility index (Phi) is 4.57. The minimum atomic E-state index is -0.297. The molecule has 3 nitrogen and oxygen atoms in total. The number of ether oxygens (including phenoxy) is 1. The van der Waals surface area contributed by atoms with Crippen molar-refractivity contribution in [2.24, 2.45) is 0 Å². The zero-order chi connectivity index (χ0) is 17.3. The molecule has 0 radical (unpaired) electrons. The summed E-state index contributed by atoms with van der Waals surface area (Å²) in [6.07, 6.45) is 3.64. The molecule has 0 spiro atoms. The molecule has 124 valence electrons. The van der Waals surface area contributed by atoms with E-state index in [4.69, 9.17) is 27.9 Å². The van der Waals surface area contributed by atoms with E-state index in [-0.39, 0.29) is 5.60 Å². The first-order chi connectivity index (χ1) is 11.3. The SMILES string of the molecule is CC(C)(C)Oc1ccccc1-n1ccnc1-c1ccc(Cl)cc1Cl. The van der Waals surface area contributed by atoms with Gasteiger partial charge in [-0.25, -0.2) is 4.98 Å². The van der Waals surface area contributed by atoms with E-state index in [2.05, 4.69) is 4.98 Å². The Morgan fingerprint density at radius 2 is 1.79 bits per heavy atom. The number of nitrogens with zero attached hydrogens (tertiary/aromatic N) is 2. The van der Waals surface area contributed by atoms with Gasteiger partial charge in [-0.05, 0) is 51.1 Å². The summed E-state index contributed by atoms with van der Waals surface area (Å²) in [6.45, 7) is 6.07. The molecule has 1 aromatic heterocycles. The summed E-state index contributed by atoms with van der Waals surface area (Å²) in [5.41, 5.74) is 1.43. The maximum Gasteiger partial charge on any atom is 0.146 e. The van der Waals surface area contributed by atoms with Gasteiger partial charge in [-0.1, -0.05) is 35.3 Å². The van der Waals surface area contributed by atoms with Gasteiger partial charge in [0.2, 0.25) is 0 Å². The van der Waals surface area contributed by atoms with Crippen molar-refractivity contribution < 1.29 is 4.74 Å². The average Bonchev–Trinajstić information content (AvgIpc) is 2.95. The first-order valence-electron chi connectivity index (χ1n) is 7.62. The molecular formula is C19H18Cl2N2O. The molecule has 0 saturated carbocycles. The van der Waals surface area contributed by atoms with Crippen LogP contribution >= 0.6 is 23.2 Å². The Morgan fingerprint density at radius 3 is 2.50 bits per heavy atom. The lowest BCUT2D eigenvalue weighted by atomic mass is 10.1. The highest BCUT2D eigenvalue weighted by molar-refractivity contribution is 6.36. The smallest absolute Gasteiger partial charge is 0.146 e. The minimum absolute atomic E-state index is 0.297. The van der Waals surface area contributed by atoms with Crippen LogP contribution in [0.15, 0.2) is 54.9 Å². The number of benzene rings is 2. The van der Waals surface area contributed by atoms with E-state index in [0.29, 0.717) is 10.0 Å². The van der Waals surface area contributed by atoms with Crippen molar-refractivity contribution in [3.05, 3.63) is 64.9 Å². The van der Waals surface area contributed by atoms with Crippen LogP contribution in [0.2, 0.25) is 10.0 Å². The van der Waals surface area contributed by atoms with Gasteiger partial charge in [-0.15, -0.1) is 0 Å². The Hall–Kier alpha value is -1.97. The van der Waals surface area contributed by atoms with Crippen LogP contribution in [-0.2, 0) is 0 Å². The normalized spacial score (nSPS) is 11.5. The molecule has 0 bridgehead atoms. The number of imidazole rings is 1. The van der Waals surface area contributed by atoms with Gasteiger partial charge in [0.05, 0.1) is 10.7 Å². The van der Waals surface area contributed by atoms with Crippen LogP contribution in [-0.4, -0.2) is 15.2 Å². The maximum atomic E-state index is 6.36. The van der Waals surface area contributed by atoms with Gasteiger partial charge >= 0.3 is 0 Å². The molecule has 0 atom stereocenters. The van der Waals surface area contributed by atoms with Crippen LogP contribution in [0.25, 0.3) is 17.1 Å². The number of para-hydroxylation sites is 2. The fraction of sp³-hybridized carbons (Fsp3) is 0.211. The highest BCUT2D eigenvalue weighted by Gasteiger charge is 2.18. The third-order valence-corrected chi connectivity index (χ3v) is 3.90. The molecule has 0 saturated heterocycles. The van der Waals surface area contributed by atoms with E-state index in [1.165, 1.54) is 0 Å². The van der Waals surface area contributed by atoms with E-state index in [0.717, 1.165) is 22.8 Å². The van der Waals surface area contributed by atoms with Crippen molar-refractivity contribution in [1.29, 1.82) is 0 Å². The topological polar surface area (TPSA) is 27.1 Å². The second-order valence-electron chi connectivity index (χ2n) is 6.43. The highest BCUT2D eigenvalue weighted by atomic mass is 35.5. The van der Waals surface area contributed by atoms with Crippen molar-refractivity contribution in [2.45, 2.75) is 26.4 Å². The molecule has 5 heteroatoms. The summed E-state index contributed by atoms with van der Waals surface area (Å²) >= 11 is 12.4. The first kappa shape index (κ1) is 16.9. The van der Waals surface area contributed by atoms with Crippen LogP contribution in [0, 0.1) is 0 Å². The monoisotopic (exact) mass is 360 g/mol. The standard InChI is InChI=1S/C19H18Cl2N2O/c1-19(2,3)24-17-7-5-4-6-16(17)23-11-10-22-18(23)14-9-8-13(20)12-15(14)21/h4-12H,1-3H3. The number of rotatable bonds is 3. The number of hydrogen-bond acceptors (Lipinski definition) is 2. The summed E-state index contributed by atoms with van der Waals surface area (Å²) in [4.78, 5) is 4.47. The number of hydrogen-bond donors (Lipinski definition) is 0. The summed E-state index contributed by atoms with van der Waals surface area (Å²) < 4.78 is 8.06. The predicted molar refractivity (Wildman–Crippen MR) is 99.4 cm³/mol. The van der Waals surface area contributed by atoms with E-state index in [1.807, 2.05) is 61.9 Å². The molecule has 0 aliphatic carbocycles. The largest absolute Gasteiger partial charge is 0.486 e. The Morgan fingerprint density at radius 1 is 1.04 bits per heavy atom. The second-order valence-corrected chi connectivity index (χ2v) is 7.27. The fourth-order valence-corrected chi connectivity index (χ4v) is 2.93. The van der Waals surface area contributed by atoms with E-state index in [1.54, 1.807) is 18.3 Å². The molecule has 0 fully saturated rings. The molecule has 24 heavy (non-hydrogen) atoms. The quantitative estimate of drug-likeness (QED) is 0.570.